The zero-order chi connectivity index (χ0) is 12.8. The Balaban J connectivity index is 2.40. The maximum atomic E-state index is 11.8. The molecule has 96 valence electrons. The summed E-state index contributed by atoms with van der Waals surface area (Å²) in [4.78, 5) is 11.8. The molecule has 0 saturated carbocycles. The van der Waals surface area contributed by atoms with Crippen LogP contribution in [0.5, 0.6) is 0 Å². The van der Waals surface area contributed by atoms with Crippen molar-refractivity contribution in [2.24, 2.45) is 13.0 Å². The van der Waals surface area contributed by atoms with Gasteiger partial charge in [0.05, 0.1) is 6.20 Å². The molecule has 0 aromatic carbocycles. The van der Waals surface area contributed by atoms with E-state index in [1.807, 2.05) is 32.5 Å². The minimum atomic E-state index is -0.00747. The van der Waals surface area contributed by atoms with Crippen LogP contribution in [-0.2, 0) is 18.4 Å². The van der Waals surface area contributed by atoms with Gasteiger partial charge in [0.15, 0.2) is 0 Å². The van der Waals surface area contributed by atoms with Gasteiger partial charge in [-0.3, -0.25) is 9.48 Å². The summed E-state index contributed by atoms with van der Waals surface area (Å²) < 4.78 is 1.81. The van der Waals surface area contributed by atoms with E-state index in [9.17, 15) is 4.79 Å². The van der Waals surface area contributed by atoms with Crippen molar-refractivity contribution in [2.75, 3.05) is 13.1 Å². The average molecular weight is 238 g/mol. The average Bonchev–Trinajstić information content (AvgIpc) is 2.64. The second kappa shape index (κ2) is 6.39. The van der Waals surface area contributed by atoms with Gasteiger partial charge in [-0.25, -0.2) is 0 Å². The van der Waals surface area contributed by atoms with Crippen molar-refractivity contribution in [3.63, 3.8) is 0 Å². The Bertz CT molecular complexity index is 373. The second-order valence-electron chi connectivity index (χ2n) is 4.31. The first kappa shape index (κ1) is 13.7. The van der Waals surface area contributed by atoms with Gasteiger partial charge in [-0.15, -0.1) is 0 Å². The highest BCUT2D eigenvalue weighted by molar-refractivity contribution is 5.78. The molecule has 0 fully saturated rings. The lowest BCUT2D eigenvalue weighted by Gasteiger charge is -2.12. The molecule has 0 saturated heterocycles. The summed E-state index contributed by atoms with van der Waals surface area (Å²) >= 11 is 0. The summed E-state index contributed by atoms with van der Waals surface area (Å²) in [5, 5.41) is 10.2. The molecule has 0 radical (unpaired) electrons. The number of amides is 1. The van der Waals surface area contributed by atoms with Crippen LogP contribution in [-0.4, -0.2) is 28.8 Å². The fraction of sp³-hybridized carbons (Fsp3) is 0.667. The zero-order valence-electron chi connectivity index (χ0n) is 11.1. The Kier molecular flexibility index (Phi) is 5.15. The van der Waals surface area contributed by atoms with Crippen LogP contribution in [0.3, 0.4) is 0 Å². The van der Waals surface area contributed by atoms with Gasteiger partial charge in [0.2, 0.25) is 5.91 Å². The van der Waals surface area contributed by atoms with Crippen LogP contribution < -0.4 is 10.6 Å². The normalized spacial score (nSPS) is 12.5. The highest BCUT2D eigenvalue weighted by atomic mass is 16.1. The van der Waals surface area contributed by atoms with Gasteiger partial charge >= 0.3 is 0 Å². The van der Waals surface area contributed by atoms with Crippen molar-refractivity contribution in [3.8, 4) is 0 Å². The standard InChI is InChI=1S/C12H22N4O/c1-5-13-6-9(2)12(17)14-7-11-8-15-16(4)10(11)3/h8-9,13H,5-7H2,1-4H3,(H,14,17). The van der Waals surface area contributed by atoms with E-state index in [1.165, 1.54) is 0 Å². The van der Waals surface area contributed by atoms with E-state index in [0.29, 0.717) is 13.1 Å². The predicted octanol–water partition coefficient (Wildman–Crippen LogP) is 0.590. The predicted molar refractivity (Wildman–Crippen MR) is 67.5 cm³/mol. The molecule has 1 amide bonds. The number of hydrogen-bond acceptors (Lipinski definition) is 3. The first-order chi connectivity index (χ1) is 8.06. The molecule has 1 atom stereocenters. The molecule has 2 N–H and O–H groups in total. The fourth-order valence-electron chi connectivity index (χ4n) is 1.53. The van der Waals surface area contributed by atoms with Gasteiger partial charge in [-0.2, -0.15) is 5.10 Å². The maximum Gasteiger partial charge on any atom is 0.224 e. The third-order valence-corrected chi connectivity index (χ3v) is 2.94. The van der Waals surface area contributed by atoms with Crippen LogP contribution in [0.15, 0.2) is 6.20 Å². The summed E-state index contributed by atoms with van der Waals surface area (Å²) in [7, 11) is 1.90. The fourth-order valence-corrected chi connectivity index (χ4v) is 1.53. The van der Waals surface area contributed by atoms with E-state index in [0.717, 1.165) is 17.8 Å². The quantitative estimate of drug-likeness (QED) is 0.762. The molecule has 0 aliphatic rings. The smallest absolute Gasteiger partial charge is 0.224 e. The van der Waals surface area contributed by atoms with E-state index in [4.69, 9.17) is 0 Å². The van der Waals surface area contributed by atoms with Crippen molar-refractivity contribution in [1.82, 2.24) is 20.4 Å². The molecule has 1 aromatic rings. The van der Waals surface area contributed by atoms with Crippen molar-refractivity contribution in [3.05, 3.63) is 17.5 Å². The van der Waals surface area contributed by atoms with Crippen LogP contribution >= 0.6 is 0 Å². The topological polar surface area (TPSA) is 59.0 Å². The van der Waals surface area contributed by atoms with Gasteiger partial charge in [-0.1, -0.05) is 13.8 Å². The van der Waals surface area contributed by atoms with Gasteiger partial charge in [-0.05, 0) is 13.5 Å². The Morgan fingerprint density at radius 3 is 2.82 bits per heavy atom. The lowest BCUT2D eigenvalue weighted by molar-refractivity contribution is -0.124. The Morgan fingerprint density at radius 1 is 1.59 bits per heavy atom. The Hall–Kier alpha value is -1.36. The molecular weight excluding hydrogens is 216 g/mol. The van der Waals surface area contributed by atoms with Gasteiger partial charge < -0.3 is 10.6 Å². The van der Waals surface area contributed by atoms with Crippen LogP contribution in [0.25, 0.3) is 0 Å². The summed E-state index contributed by atoms with van der Waals surface area (Å²) in [6, 6.07) is 0. The SMILES string of the molecule is CCNCC(C)C(=O)NCc1cnn(C)c1C. The number of aromatic nitrogens is 2. The number of nitrogens with zero attached hydrogens (tertiary/aromatic N) is 2. The van der Waals surface area contributed by atoms with E-state index < -0.39 is 0 Å². The number of nitrogens with one attached hydrogen (secondary N) is 2. The first-order valence-electron chi connectivity index (χ1n) is 6.02. The first-order valence-corrected chi connectivity index (χ1v) is 6.02. The van der Waals surface area contributed by atoms with Crippen molar-refractivity contribution < 1.29 is 4.79 Å². The third-order valence-electron chi connectivity index (χ3n) is 2.94. The monoisotopic (exact) mass is 238 g/mol. The van der Waals surface area contributed by atoms with Crippen LogP contribution in [0, 0.1) is 12.8 Å². The number of aryl methyl sites for hydroxylation is 1. The Labute approximate surface area is 103 Å². The van der Waals surface area contributed by atoms with E-state index in [-0.39, 0.29) is 11.8 Å². The molecule has 0 aliphatic heterocycles. The van der Waals surface area contributed by atoms with Crippen LogP contribution in [0.2, 0.25) is 0 Å². The zero-order valence-corrected chi connectivity index (χ0v) is 11.1. The van der Waals surface area contributed by atoms with E-state index in [1.54, 1.807) is 6.20 Å². The van der Waals surface area contributed by atoms with Gasteiger partial charge in [0.1, 0.15) is 0 Å². The molecule has 1 unspecified atom stereocenters. The highest BCUT2D eigenvalue weighted by Crippen LogP contribution is 2.05. The summed E-state index contributed by atoms with van der Waals surface area (Å²) in [5.41, 5.74) is 2.15. The van der Waals surface area contributed by atoms with Crippen molar-refractivity contribution in [2.45, 2.75) is 27.3 Å². The minimum absolute atomic E-state index is 0.00747. The number of hydrogen-bond donors (Lipinski definition) is 2. The molecular formula is C12H22N4O. The van der Waals surface area contributed by atoms with Crippen LogP contribution in [0.1, 0.15) is 25.1 Å². The summed E-state index contributed by atoms with van der Waals surface area (Å²) in [6.07, 6.45) is 1.80. The molecule has 1 heterocycles. The van der Waals surface area contributed by atoms with Crippen molar-refractivity contribution >= 4 is 5.91 Å². The third kappa shape index (κ3) is 3.85. The van der Waals surface area contributed by atoms with Gasteiger partial charge in [0.25, 0.3) is 0 Å². The molecule has 17 heavy (non-hydrogen) atoms. The Morgan fingerprint density at radius 2 is 2.29 bits per heavy atom. The molecule has 5 nitrogen and oxygen atoms in total. The van der Waals surface area contributed by atoms with Gasteiger partial charge in [0, 0.05) is 37.3 Å². The van der Waals surface area contributed by atoms with Crippen molar-refractivity contribution in [1.29, 1.82) is 0 Å². The molecule has 0 spiro atoms. The number of carbonyl (C=O) groups is 1. The van der Waals surface area contributed by atoms with E-state index in [2.05, 4.69) is 15.7 Å². The molecule has 0 bridgehead atoms. The largest absolute Gasteiger partial charge is 0.352 e. The molecule has 1 rings (SSSR count). The lowest BCUT2D eigenvalue weighted by Crippen LogP contribution is -2.35. The number of rotatable bonds is 6. The second-order valence-corrected chi connectivity index (χ2v) is 4.31. The lowest BCUT2D eigenvalue weighted by atomic mass is 10.1. The van der Waals surface area contributed by atoms with Crippen LogP contribution in [0.4, 0.5) is 0 Å². The minimum Gasteiger partial charge on any atom is -0.352 e. The number of carbonyl (C=O) groups excluding carboxylic acids is 1. The molecule has 0 aliphatic carbocycles. The summed E-state index contributed by atoms with van der Waals surface area (Å²) in [5.74, 6) is 0.0705. The summed E-state index contributed by atoms with van der Waals surface area (Å²) in [6.45, 7) is 8.11. The highest BCUT2D eigenvalue weighted by Gasteiger charge is 2.12. The maximum absolute atomic E-state index is 11.8. The van der Waals surface area contributed by atoms with E-state index >= 15 is 0 Å². The molecule has 5 heteroatoms. The molecule has 1 aromatic heterocycles.